The molecule has 1 amide bonds. The summed E-state index contributed by atoms with van der Waals surface area (Å²) in [5.41, 5.74) is 2.66. The number of carbonyl (C=O) groups is 1. The zero-order valence-corrected chi connectivity index (χ0v) is 13.2. The highest BCUT2D eigenvalue weighted by Gasteiger charge is 2.10. The summed E-state index contributed by atoms with van der Waals surface area (Å²) in [6.07, 6.45) is 0. The molecule has 0 saturated carbocycles. The molecular formula is C14H15BrN2OS. The van der Waals surface area contributed by atoms with Crippen LogP contribution in [0.15, 0.2) is 34.1 Å². The molecule has 0 aliphatic carbocycles. The van der Waals surface area contributed by atoms with Gasteiger partial charge in [-0.25, -0.2) is 0 Å². The third kappa shape index (κ3) is 3.16. The first-order chi connectivity index (χ1) is 9.13. The van der Waals surface area contributed by atoms with Crippen LogP contribution in [0.25, 0.3) is 0 Å². The van der Waals surface area contributed by atoms with Crippen molar-refractivity contribution in [3.8, 4) is 0 Å². The van der Waals surface area contributed by atoms with Gasteiger partial charge in [-0.2, -0.15) is 0 Å². The van der Waals surface area contributed by atoms with Gasteiger partial charge in [0.2, 0.25) is 0 Å². The fourth-order valence-electron chi connectivity index (χ4n) is 1.83. The minimum Gasteiger partial charge on any atom is -0.380 e. The normalized spacial score (nSPS) is 10.3. The minimum absolute atomic E-state index is 0.0570. The topological polar surface area (TPSA) is 41.1 Å². The first-order valence-corrected chi connectivity index (χ1v) is 7.58. The Labute approximate surface area is 125 Å². The first kappa shape index (κ1) is 14.1. The highest BCUT2D eigenvalue weighted by Crippen LogP contribution is 2.25. The zero-order chi connectivity index (χ0) is 13.8. The first-order valence-electron chi connectivity index (χ1n) is 5.91. The van der Waals surface area contributed by atoms with Gasteiger partial charge in [-0.15, -0.1) is 11.3 Å². The molecule has 19 heavy (non-hydrogen) atoms. The third-order valence-electron chi connectivity index (χ3n) is 2.94. The van der Waals surface area contributed by atoms with Crippen molar-refractivity contribution in [3.63, 3.8) is 0 Å². The summed E-state index contributed by atoms with van der Waals surface area (Å²) >= 11 is 5.21. The third-order valence-corrected chi connectivity index (χ3v) is 4.86. The smallest absolute Gasteiger partial charge is 0.251 e. The second kappa shape index (κ2) is 6.21. The van der Waals surface area contributed by atoms with Crippen LogP contribution < -0.4 is 10.6 Å². The number of anilines is 1. The van der Waals surface area contributed by atoms with E-state index in [9.17, 15) is 4.79 Å². The number of thiophene rings is 1. The Kier molecular flexibility index (Phi) is 4.61. The molecule has 5 heteroatoms. The summed E-state index contributed by atoms with van der Waals surface area (Å²) in [5.74, 6) is -0.0570. The lowest BCUT2D eigenvalue weighted by Gasteiger charge is -2.12. The minimum atomic E-state index is -0.0570. The number of rotatable bonds is 4. The van der Waals surface area contributed by atoms with Crippen molar-refractivity contribution in [1.82, 2.24) is 5.32 Å². The van der Waals surface area contributed by atoms with Gasteiger partial charge >= 0.3 is 0 Å². The molecule has 0 radical (unpaired) electrons. The molecule has 1 heterocycles. The van der Waals surface area contributed by atoms with Gasteiger partial charge in [0.15, 0.2) is 0 Å². The van der Waals surface area contributed by atoms with E-state index in [1.807, 2.05) is 31.2 Å². The summed E-state index contributed by atoms with van der Waals surface area (Å²) in [5, 5.41) is 8.08. The number of hydrogen-bond acceptors (Lipinski definition) is 3. The van der Waals surface area contributed by atoms with E-state index >= 15 is 0 Å². The van der Waals surface area contributed by atoms with Gasteiger partial charge in [0.25, 0.3) is 5.91 Å². The molecule has 0 atom stereocenters. The van der Waals surface area contributed by atoms with Crippen molar-refractivity contribution in [1.29, 1.82) is 0 Å². The maximum absolute atomic E-state index is 11.7. The van der Waals surface area contributed by atoms with Crippen LogP contribution in [-0.4, -0.2) is 13.0 Å². The molecule has 2 aromatic rings. The van der Waals surface area contributed by atoms with Gasteiger partial charge in [-0.05, 0) is 52.0 Å². The van der Waals surface area contributed by atoms with Crippen LogP contribution in [0.2, 0.25) is 0 Å². The number of hydrogen-bond donors (Lipinski definition) is 2. The lowest BCUT2D eigenvalue weighted by Crippen LogP contribution is -2.19. The predicted octanol–water partition coefficient (Wildman–Crippen LogP) is 3.79. The lowest BCUT2D eigenvalue weighted by molar-refractivity contribution is 0.0962. The summed E-state index contributed by atoms with van der Waals surface area (Å²) in [4.78, 5) is 13.0. The number of halogens is 1. The molecule has 0 bridgehead atoms. The molecule has 0 spiro atoms. The molecule has 0 saturated heterocycles. The van der Waals surface area contributed by atoms with Crippen molar-refractivity contribution < 1.29 is 4.79 Å². The molecule has 100 valence electrons. The van der Waals surface area contributed by atoms with E-state index in [0.717, 1.165) is 22.3 Å². The molecule has 0 aliphatic rings. The van der Waals surface area contributed by atoms with Gasteiger partial charge in [0.05, 0.1) is 6.54 Å². The largest absolute Gasteiger partial charge is 0.380 e. The molecule has 3 nitrogen and oxygen atoms in total. The molecule has 2 N–H and O–H groups in total. The molecule has 0 unspecified atom stereocenters. The fourth-order valence-corrected chi connectivity index (χ4v) is 3.27. The molecule has 0 aliphatic heterocycles. The van der Waals surface area contributed by atoms with Crippen LogP contribution in [0.5, 0.6) is 0 Å². The van der Waals surface area contributed by atoms with Crippen LogP contribution in [-0.2, 0) is 6.54 Å². The lowest BCUT2D eigenvalue weighted by atomic mass is 10.1. The van der Waals surface area contributed by atoms with E-state index in [0.29, 0.717) is 5.56 Å². The molecule has 1 aromatic heterocycles. The van der Waals surface area contributed by atoms with E-state index in [2.05, 4.69) is 31.9 Å². The van der Waals surface area contributed by atoms with E-state index < -0.39 is 0 Å². The number of benzene rings is 1. The standard InChI is InChI=1S/C14H15BrN2OS/c1-9-10(14(18)16-2)4-3-5-12(9)17-8-13-11(15)6-7-19-13/h3-7,17H,8H2,1-2H3,(H,16,18). The van der Waals surface area contributed by atoms with Crippen LogP contribution in [0.4, 0.5) is 5.69 Å². The maximum Gasteiger partial charge on any atom is 0.251 e. The van der Waals surface area contributed by atoms with Crippen molar-refractivity contribution >= 4 is 38.9 Å². The van der Waals surface area contributed by atoms with Gasteiger partial charge in [-0.1, -0.05) is 6.07 Å². The quantitative estimate of drug-likeness (QED) is 0.890. The van der Waals surface area contributed by atoms with Gasteiger partial charge < -0.3 is 10.6 Å². The average Bonchev–Trinajstić information content (AvgIpc) is 2.82. The average molecular weight is 339 g/mol. The summed E-state index contributed by atoms with van der Waals surface area (Å²) in [7, 11) is 1.64. The second-order valence-corrected chi connectivity index (χ2v) is 5.96. The SMILES string of the molecule is CNC(=O)c1cccc(NCc2sccc2Br)c1C. The zero-order valence-electron chi connectivity index (χ0n) is 10.8. The summed E-state index contributed by atoms with van der Waals surface area (Å²) in [6.45, 7) is 2.70. The molecule has 1 aromatic carbocycles. The van der Waals surface area contributed by atoms with Gasteiger partial charge in [0, 0.05) is 27.6 Å². The number of amides is 1. The van der Waals surface area contributed by atoms with Crippen LogP contribution in [0.3, 0.4) is 0 Å². The van der Waals surface area contributed by atoms with Crippen molar-refractivity contribution in [2.75, 3.05) is 12.4 Å². The Morgan fingerprint density at radius 2 is 2.16 bits per heavy atom. The molecular weight excluding hydrogens is 324 g/mol. The Bertz CT molecular complexity index is 595. The highest BCUT2D eigenvalue weighted by atomic mass is 79.9. The fraction of sp³-hybridized carbons (Fsp3) is 0.214. The Morgan fingerprint density at radius 1 is 1.37 bits per heavy atom. The van der Waals surface area contributed by atoms with Gasteiger partial charge in [0.1, 0.15) is 0 Å². The van der Waals surface area contributed by atoms with Gasteiger partial charge in [-0.3, -0.25) is 4.79 Å². The number of carbonyl (C=O) groups excluding carboxylic acids is 1. The molecule has 0 fully saturated rings. The number of nitrogens with one attached hydrogen (secondary N) is 2. The van der Waals surface area contributed by atoms with E-state index in [1.54, 1.807) is 18.4 Å². The van der Waals surface area contributed by atoms with Crippen LogP contribution in [0, 0.1) is 6.92 Å². The van der Waals surface area contributed by atoms with Crippen molar-refractivity contribution in [2.45, 2.75) is 13.5 Å². The van der Waals surface area contributed by atoms with E-state index in [-0.39, 0.29) is 5.91 Å². The summed E-state index contributed by atoms with van der Waals surface area (Å²) in [6, 6.07) is 7.75. The Balaban J connectivity index is 2.17. The Morgan fingerprint density at radius 3 is 2.79 bits per heavy atom. The monoisotopic (exact) mass is 338 g/mol. The van der Waals surface area contributed by atoms with Crippen LogP contribution >= 0.6 is 27.3 Å². The van der Waals surface area contributed by atoms with Crippen LogP contribution in [0.1, 0.15) is 20.8 Å². The predicted molar refractivity (Wildman–Crippen MR) is 83.9 cm³/mol. The second-order valence-electron chi connectivity index (χ2n) is 4.10. The molecule has 2 rings (SSSR count). The highest BCUT2D eigenvalue weighted by molar-refractivity contribution is 9.10. The van der Waals surface area contributed by atoms with Crippen molar-refractivity contribution in [2.24, 2.45) is 0 Å². The maximum atomic E-state index is 11.7. The van der Waals surface area contributed by atoms with E-state index in [1.165, 1.54) is 4.88 Å². The summed E-state index contributed by atoms with van der Waals surface area (Å²) < 4.78 is 1.12. The Hall–Kier alpha value is -1.33. The van der Waals surface area contributed by atoms with Crippen molar-refractivity contribution in [3.05, 3.63) is 50.1 Å². The van der Waals surface area contributed by atoms with E-state index in [4.69, 9.17) is 0 Å².